The summed E-state index contributed by atoms with van der Waals surface area (Å²) in [5.74, 6) is -1.05. The molecular weight excluding hydrogens is 214 g/mol. The number of aliphatic carboxylic acids is 1. The molecule has 1 N–H and O–H groups in total. The molecule has 0 bridgehead atoms. The SMILES string of the molecule is CCCCOC(=O)N1CCOC(C(=O)O)C1. The van der Waals surface area contributed by atoms with E-state index in [1.807, 2.05) is 6.92 Å². The van der Waals surface area contributed by atoms with E-state index in [-0.39, 0.29) is 13.2 Å². The second kappa shape index (κ2) is 6.32. The van der Waals surface area contributed by atoms with Crippen LogP contribution in [0.1, 0.15) is 19.8 Å². The molecule has 6 heteroatoms. The van der Waals surface area contributed by atoms with Crippen LogP contribution >= 0.6 is 0 Å². The van der Waals surface area contributed by atoms with Crippen LogP contribution in [0, 0.1) is 0 Å². The number of carboxylic acid groups (broad SMARTS) is 1. The van der Waals surface area contributed by atoms with Crippen LogP contribution < -0.4 is 0 Å². The molecule has 1 amide bonds. The number of amides is 1. The Morgan fingerprint density at radius 1 is 1.56 bits per heavy atom. The smallest absolute Gasteiger partial charge is 0.409 e. The lowest BCUT2D eigenvalue weighted by Gasteiger charge is -2.30. The summed E-state index contributed by atoms with van der Waals surface area (Å²) in [4.78, 5) is 23.5. The molecule has 0 radical (unpaired) electrons. The summed E-state index contributed by atoms with van der Waals surface area (Å²) < 4.78 is 9.98. The summed E-state index contributed by atoms with van der Waals surface area (Å²) in [5, 5.41) is 8.75. The summed E-state index contributed by atoms with van der Waals surface area (Å²) in [6.07, 6.45) is 0.377. The van der Waals surface area contributed by atoms with E-state index in [4.69, 9.17) is 14.6 Å². The van der Waals surface area contributed by atoms with Crippen molar-refractivity contribution in [3.05, 3.63) is 0 Å². The van der Waals surface area contributed by atoms with Gasteiger partial charge in [0.2, 0.25) is 0 Å². The topological polar surface area (TPSA) is 76.1 Å². The zero-order valence-corrected chi connectivity index (χ0v) is 9.35. The van der Waals surface area contributed by atoms with Crippen LogP contribution in [0.15, 0.2) is 0 Å². The monoisotopic (exact) mass is 231 g/mol. The zero-order valence-electron chi connectivity index (χ0n) is 9.35. The maximum Gasteiger partial charge on any atom is 0.409 e. The molecule has 0 aromatic carbocycles. The first-order chi connectivity index (χ1) is 7.65. The number of carbonyl (C=O) groups excluding carboxylic acids is 1. The number of morpholine rings is 1. The number of rotatable bonds is 4. The number of nitrogens with zero attached hydrogens (tertiary/aromatic N) is 1. The molecule has 1 fully saturated rings. The van der Waals surface area contributed by atoms with Gasteiger partial charge in [0.1, 0.15) is 0 Å². The van der Waals surface area contributed by atoms with E-state index < -0.39 is 18.2 Å². The van der Waals surface area contributed by atoms with E-state index in [1.54, 1.807) is 0 Å². The second-order valence-corrected chi connectivity index (χ2v) is 3.61. The van der Waals surface area contributed by atoms with Crippen LogP contribution in [-0.2, 0) is 14.3 Å². The highest BCUT2D eigenvalue weighted by Crippen LogP contribution is 2.07. The van der Waals surface area contributed by atoms with E-state index >= 15 is 0 Å². The Morgan fingerprint density at radius 3 is 2.94 bits per heavy atom. The molecule has 1 rings (SSSR count). The molecule has 6 nitrogen and oxygen atoms in total. The quantitative estimate of drug-likeness (QED) is 0.721. The average Bonchev–Trinajstić information content (AvgIpc) is 2.29. The van der Waals surface area contributed by atoms with Gasteiger partial charge in [-0.25, -0.2) is 9.59 Å². The molecule has 0 aromatic rings. The lowest BCUT2D eigenvalue weighted by molar-refractivity contribution is -0.155. The molecule has 1 heterocycles. The van der Waals surface area contributed by atoms with Gasteiger partial charge in [-0.2, -0.15) is 0 Å². The third kappa shape index (κ3) is 3.69. The third-order valence-corrected chi connectivity index (χ3v) is 2.32. The van der Waals surface area contributed by atoms with Gasteiger partial charge in [0.25, 0.3) is 0 Å². The van der Waals surface area contributed by atoms with Gasteiger partial charge in [-0.15, -0.1) is 0 Å². The number of carbonyl (C=O) groups is 2. The summed E-state index contributed by atoms with van der Waals surface area (Å²) in [6.45, 7) is 3.06. The first kappa shape index (κ1) is 12.8. The molecule has 1 unspecified atom stereocenters. The maximum atomic E-state index is 11.5. The maximum absolute atomic E-state index is 11.5. The Hall–Kier alpha value is -1.30. The Bertz CT molecular complexity index is 256. The van der Waals surface area contributed by atoms with Gasteiger partial charge >= 0.3 is 12.1 Å². The van der Waals surface area contributed by atoms with Crippen molar-refractivity contribution in [2.24, 2.45) is 0 Å². The van der Waals surface area contributed by atoms with Crippen molar-refractivity contribution in [2.45, 2.75) is 25.9 Å². The fourth-order valence-corrected chi connectivity index (χ4v) is 1.36. The fourth-order valence-electron chi connectivity index (χ4n) is 1.36. The van der Waals surface area contributed by atoms with Crippen molar-refractivity contribution in [3.8, 4) is 0 Å². The van der Waals surface area contributed by atoms with Crippen molar-refractivity contribution in [1.29, 1.82) is 0 Å². The number of hydrogen-bond donors (Lipinski definition) is 1. The lowest BCUT2D eigenvalue weighted by atomic mass is 10.3. The number of carboxylic acids is 1. The molecule has 1 atom stereocenters. The molecule has 16 heavy (non-hydrogen) atoms. The minimum atomic E-state index is -1.05. The van der Waals surface area contributed by atoms with Gasteiger partial charge < -0.3 is 19.5 Å². The predicted octanol–water partition coefficient (Wildman–Crippen LogP) is 0.708. The van der Waals surface area contributed by atoms with Crippen molar-refractivity contribution in [1.82, 2.24) is 4.90 Å². The normalized spacial score (nSPS) is 20.6. The zero-order chi connectivity index (χ0) is 12.0. The van der Waals surface area contributed by atoms with Crippen molar-refractivity contribution in [3.63, 3.8) is 0 Å². The summed E-state index contributed by atoms with van der Waals surface area (Å²) >= 11 is 0. The van der Waals surface area contributed by atoms with Crippen LogP contribution in [0.4, 0.5) is 4.79 Å². The summed E-state index contributed by atoms with van der Waals surface area (Å²) in [6, 6.07) is 0. The molecule has 92 valence electrons. The van der Waals surface area contributed by atoms with Gasteiger partial charge in [-0.3, -0.25) is 0 Å². The van der Waals surface area contributed by atoms with Gasteiger partial charge in [-0.05, 0) is 6.42 Å². The highest BCUT2D eigenvalue weighted by atomic mass is 16.6. The summed E-state index contributed by atoms with van der Waals surface area (Å²) in [7, 11) is 0. The van der Waals surface area contributed by atoms with Gasteiger partial charge in [0, 0.05) is 6.54 Å². The van der Waals surface area contributed by atoms with Crippen molar-refractivity contribution < 1.29 is 24.2 Å². The van der Waals surface area contributed by atoms with E-state index in [0.717, 1.165) is 12.8 Å². The lowest BCUT2D eigenvalue weighted by Crippen LogP contribution is -2.48. The Labute approximate surface area is 94.1 Å². The van der Waals surface area contributed by atoms with Gasteiger partial charge in [0.05, 0.1) is 19.8 Å². The highest BCUT2D eigenvalue weighted by Gasteiger charge is 2.29. The predicted molar refractivity (Wildman–Crippen MR) is 55.2 cm³/mol. The number of unbranched alkanes of at least 4 members (excludes halogenated alkanes) is 1. The standard InChI is InChI=1S/C10H17NO5/c1-2-3-5-16-10(14)11-4-6-15-8(7-11)9(12)13/h8H,2-7H2,1H3,(H,12,13). The Balaban J connectivity index is 2.35. The number of hydrogen-bond acceptors (Lipinski definition) is 4. The van der Waals surface area contributed by atoms with E-state index in [1.165, 1.54) is 4.90 Å². The minimum absolute atomic E-state index is 0.0558. The highest BCUT2D eigenvalue weighted by molar-refractivity contribution is 5.74. The van der Waals surface area contributed by atoms with Crippen LogP contribution in [0.5, 0.6) is 0 Å². The molecular formula is C10H17NO5. The largest absolute Gasteiger partial charge is 0.479 e. The number of ether oxygens (including phenoxy) is 2. The third-order valence-electron chi connectivity index (χ3n) is 2.32. The van der Waals surface area contributed by atoms with E-state index in [9.17, 15) is 9.59 Å². The Kier molecular flexibility index (Phi) is 5.04. The van der Waals surface area contributed by atoms with Crippen LogP contribution in [0.25, 0.3) is 0 Å². The molecule has 0 aliphatic carbocycles. The van der Waals surface area contributed by atoms with Gasteiger partial charge in [-0.1, -0.05) is 13.3 Å². The summed E-state index contributed by atoms with van der Waals surface area (Å²) in [5.41, 5.74) is 0. The Morgan fingerprint density at radius 2 is 2.31 bits per heavy atom. The molecule has 0 aromatic heterocycles. The van der Waals surface area contributed by atoms with Gasteiger partial charge in [0.15, 0.2) is 6.10 Å². The van der Waals surface area contributed by atoms with E-state index in [0.29, 0.717) is 13.2 Å². The average molecular weight is 231 g/mol. The van der Waals surface area contributed by atoms with Crippen LogP contribution in [-0.4, -0.2) is 54.5 Å². The van der Waals surface area contributed by atoms with Crippen molar-refractivity contribution >= 4 is 12.1 Å². The van der Waals surface area contributed by atoms with Crippen LogP contribution in [0.2, 0.25) is 0 Å². The van der Waals surface area contributed by atoms with Crippen LogP contribution in [0.3, 0.4) is 0 Å². The molecule has 1 aliphatic heterocycles. The molecule has 1 aliphatic rings. The second-order valence-electron chi connectivity index (χ2n) is 3.61. The van der Waals surface area contributed by atoms with E-state index in [2.05, 4.69) is 0 Å². The first-order valence-electron chi connectivity index (χ1n) is 5.41. The molecule has 0 saturated carbocycles. The molecule has 0 spiro atoms. The minimum Gasteiger partial charge on any atom is -0.479 e. The fraction of sp³-hybridized carbons (Fsp3) is 0.800. The molecule has 1 saturated heterocycles. The van der Waals surface area contributed by atoms with Crippen molar-refractivity contribution in [2.75, 3.05) is 26.3 Å². The first-order valence-corrected chi connectivity index (χ1v) is 5.41.